The first-order valence-electron chi connectivity index (χ1n) is 11.0. The summed E-state index contributed by atoms with van der Waals surface area (Å²) in [6, 6.07) is 43.7. The smallest absolute Gasteiger partial charge is 0.137 e. The lowest BCUT2D eigenvalue weighted by Gasteiger charge is -2.25. The Bertz CT molecular complexity index is 1480. The summed E-state index contributed by atoms with van der Waals surface area (Å²) in [5.41, 5.74) is 7.12. The molecule has 33 heavy (non-hydrogen) atoms. The summed E-state index contributed by atoms with van der Waals surface area (Å²) in [6.07, 6.45) is 0. The van der Waals surface area contributed by atoms with Crippen LogP contribution in [0.4, 0.5) is 28.4 Å². The van der Waals surface area contributed by atoms with Crippen molar-refractivity contribution in [3.05, 3.63) is 127 Å². The maximum atomic E-state index is 6.27. The van der Waals surface area contributed by atoms with E-state index in [4.69, 9.17) is 4.42 Å². The van der Waals surface area contributed by atoms with E-state index in [-0.39, 0.29) is 0 Å². The van der Waals surface area contributed by atoms with Crippen molar-refractivity contribution < 1.29 is 4.42 Å². The zero-order valence-corrected chi connectivity index (χ0v) is 18.0. The molecule has 1 heterocycles. The molecule has 1 aromatic heterocycles. The van der Waals surface area contributed by atoms with Gasteiger partial charge in [-0.1, -0.05) is 54.6 Å². The minimum atomic E-state index is 0.872. The molecule has 0 aliphatic rings. The molecule has 0 fully saturated rings. The average molecular weight is 427 g/mol. The maximum Gasteiger partial charge on any atom is 0.137 e. The minimum Gasteiger partial charge on any atom is -0.456 e. The van der Waals surface area contributed by atoms with Crippen LogP contribution >= 0.6 is 0 Å². The molecular formula is C30H22N2O. The van der Waals surface area contributed by atoms with Crippen molar-refractivity contribution in [2.24, 2.45) is 0 Å². The second-order valence-corrected chi connectivity index (χ2v) is 7.99. The molecule has 3 heteroatoms. The number of hydrogen-bond donors (Lipinski definition) is 1. The Morgan fingerprint density at radius 1 is 0.455 bits per heavy atom. The van der Waals surface area contributed by atoms with Gasteiger partial charge in [0.15, 0.2) is 0 Å². The van der Waals surface area contributed by atoms with E-state index in [1.54, 1.807) is 0 Å². The summed E-state index contributed by atoms with van der Waals surface area (Å²) in [5, 5.41) is 5.68. The molecule has 0 aliphatic carbocycles. The van der Waals surface area contributed by atoms with Gasteiger partial charge in [-0.15, -0.1) is 0 Å². The standard InChI is InChI=1S/C30H22N2O/c1-4-10-22(11-5-1)31-23-16-19-29-28(20-23)27-18-17-26(21-30(27)33-29)32(24-12-6-2-7-13-24)25-14-8-3-9-15-25/h1-21,31H. The topological polar surface area (TPSA) is 28.4 Å². The quantitative estimate of drug-likeness (QED) is 0.298. The molecule has 0 saturated heterocycles. The summed E-state index contributed by atoms with van der Waals surface area (Å²) in [6.45, 7) is 0. The molecule has 0 atom stereocenters. The second kappa shape index (κ2) is 8.21. The van der Waals surface area contributed by atoms with E-state index >= 15 is 0 Å². The van der Waals surface area contributed by atoms with Crippen molar-refractivity contribution in [1.82, 2.24) is 0 Å². The Labute approximate surface area is 192 Å². The van der Waals surface area contributed by atoms with Crippen LogP contribution in [0, 0.1) is 0 Å². The van der Waals surface area contributed by atoms with Gasteiger partial charge in [0.1, 0.15) is 11.2 Å². The fourth-order valence-corrected chi connectivity index (χ4v) is 4.27. The number of nitrogens with one attached hydrogen (secondary N) is 1. The zero-order chi connectivity index (χ0) is 22.0. The van der Waals surface area contributed by atoms with Gasteiger partial charge in [-0.3, -0.25) is 0 Å². The number of furan rings is 1. The van der Waals surface area contributed by atoms with Gasteiger partial charge >= 0.3 is 0 Å². The van der Waals surface area contributed by atoms with Crippen LogP contribution in [-0.4, -0.2) is 0 Å². The Balaban J connectivity index is 1.44. The van der Waals surface area contributed by atoms with E-state index < -0.39 is 0 Å². The number of rotatable bonds is 5. The lowest BCUT2D eigenvalue weighted by Crippen LogP contribution is -2.09. The first-order valence-corrected chi connectivity index (χ1v) is 11.0. The molecule has 158 valence electrons. The minimum absolute atomic E-state index is 0.872. The Hall–Kier alpha value is -4.50. The number of para-hydroxylation sites is 3. The molecule has 0 unspecified atom stereocenters. The summed E-state index contributed by atoms with van der Waals surface area (Å²) in [7, 11) is 0. The fourth-order valence-electron chi connectivity index (χ4n) is 4.27. The monoisotopic (exact) mass is 426 g/mol. The molecule has 0 aliphatic heterocycles. The number of fused-ring (bicyclic) bond motifs is 3. The highest BCUT2D eigenvalue weighted by Crippen LogP contribution is 2.38. The van der Waals surface area contributed by atoms with Crippen molar-refractivity contribution in [1.29, 1.82) is 0 Å². The molecule has 3 nitrogen and oxygen atoms in total. The molecule has 6 rings (SSSR count). The predicted molar refractivity (Wildman–Crippen MR) is 138 cm³/mol. The Morgan fingerprint density at radius 3 is 1.76 bits per heavy atom. The Morgan fingerprint density at radius 2 is 1.09 bits per heavy atom. The van der Waals surface area contributed by atoms with Gasteiger partial charge in [-0.2, -0.15) is 0 Å². The first kappa shape index (κ1) is 19.2. The number of hydrogen-bond acceptors (Lipinski definition) is 3. The highest BCUT2D eigenvalue weighted by molar-refractivity contribution is 6.07. The van der Waals surface area contributed by atoms with Crippen LogP contribution in [0.25, 0.3) is 21.9 Å². The number of anilines is 5. The van der Waals surface area contributed by atoms with E-state index in [0.29, 0.717) is 0 Å². The summed E-state index contributed by atoms with van der Waals surface area (Å²) < 4.78 is 6.27. The zero-order valence-electron chi connectivity index (χ0n) is 18.0. The van der Waals surface area contributed by atoms with Crippen LogP contribution < -0.4 is 10.2 Å². The van der Waals surface area contributed by atoms with Gasteiger partial charge in [0, 0.05) is 45.3 Å². The normalized spacial score (nSPS) is 11.0. The Kier molecular flexibility index (Phi) is 4.78. The van der Waals surface area contributed by atoms with Crippen LogP contribution in [0.2, 0.25) is 0 Å². The SMILES string of the molecule is c1ccc(Nc2ccc3oc4cc(N(c5ccccc5)c5ccccc5)ccc4c3c2)cc1. The predicted octanol–water partition coefficient (Wildman–Crippen LogP) is 8.80. The molecule has 0 saturated carbocycles. The second-order valence-electron chi connectivity index (χ2n) is 7.99. The van der Waals surface area contributed by atoms with Gasteiger partial charge in [-0.05, 0) is 66.7 Å². The molecule has 0 amide bonds. The first-order chi connectivity index (χ1) is 16.3. The van der Waals surface area contributed by atoms with E-state index in [0.717, 1.165) is 50.4 Å². The third-order valence-electron chi connectivity index (χ3n) is 5.80. The summed E-state index contributed by atoms with van der Waals surface area (Å²) in [5.74, 6) is 0. The van der Waals surface area contributed by atoms with Crippen LogP contribution in [0.15, 0.2) is 132 Å². The van der Waals surface area contributed by atoms with Gasteiger partial charge in [0.05, 0.1) is 0 Å². The lowest BCUT2D eigenvalue weighted by molar-refractivity contribution is 0.669. The van der Waals surface area contributed by atoms with Gasteiger partial charge in [0.25, 0.3) is 0 Å². The molecule has 0 bridgehead atoms. The summed E-state index contributed by atoms with van der Waals surface area (Å²) in [4.78, 5) is 2.25. The number of benzene rings is 5. The third kappa shape index (κ3) is 3.70. The van der Waals surface area contributed by atoms with E-state index in [1.807, 2.05) is 36.4 Å². The van der Waals surface area contributed by atoms with E-state index in [1.165, 1.54) is 0 Å². The maximum absolute atomic E-state index is 6.27. The fraction of sp³-hybridized carbons (Fsp3) is 0. The van der Waals surface area contributed by atoms with Crippen LogP contribution in [0.5, 0.6) is 0 Å². The van der Waals surface area contributed by atoms with Crippen molar-refractivity contribution in [2.75, 3.05) is 10.2 Å². The van der Waals surface area contributed by atoms with Gasteiger partial charge in [-0.25, -0.2) is 0 Å². The lowest BCUT2D eigenvalue weighted by atomic mass is 10.1. The highest BCUT2D eigenvalue weighted by atomic mass is 16.3. The van der Waals surface area contributed by atoms with Crippen LogP contribution in [0.1, 0.15) is 0 Å². The molecule has 1 N–H and O–H groups in total. The molecule has 6 aromatic rings. The largest absolute Gasteiger partial charge is 0.456 e. The van der Waals surface area contributed by atoms with E-state index in [9.17, 15) is 0 Å². The summed E-state index contributed by atoms with van der Waals surface area (Å²) >= 11 is 0. The molecular weight excluding hydrogens is 404 g/mol. The molecule has 5 aromatic carbocycles. The molecule has 0 spiro atoms. The van der Waals surface area contributed by atoms with Crippen molar-refractivity contribution >= 4 is 50.4 Å². The van der Waals surface area contributed by atoms with Crippen LogP contribution in [0.3, 0.4) is 0 Å². The van der Waals surface area contributed by atoms with Crippen molar-refractivity contribution in [3.8, 4) is 0 Å². The van der Waals surface area contributed by atoms with Gasteiger partial charge < -0.3 is 14.6 Å². The van der Waals surface area contributed by atoms with Crippen molar-refractivity contribution in [3.63, 3.8) is 0 Å². The van der Waals surface area contributed by atoms with Gasteiger partial charge in [0.2, 0.25) is 0 Å². The number of nitrogens with zero attached hydrogens (tertiary/aromatic N) is 1. The van der Waals surface area contributed by atoms with E-state index in [2.05, 4.69) is 101 Å². The third-order valence-corrected chi connectivity index (χ3v) is 5.80. The highest BCUT2D eigenvalue weighted by Gasteiger charge is 2.15. The van der Waals surface area contributed by atoms with Crippen LogP contribution in [-0.2, 0) is 0 Å². The molecule has 0 radical (unpaired) electrons. The van der Waals surface area contributed by atoms with Crippen molar-refractivity contribution in [2.45, 2.75) is 0 Å². The average Bonchev–Trinajstić information content (AvgIpc) is 3.23.